The van der Waals surface area contributed by atoms with Gasteiger partial charge in [0.15, 0.2) is 0 Å². The summed E-state index contributed by atoms with van der Waals surface area (Å²) in [5.41, 5.74) is 2.37. The second-order valence-electron chi connectivity index (χ2n) is 4.43. The van der Waals surface area contributed by atoms with Crippen molar-refractivity contribution < 1.29 is 0 Å². The van der Waals surface area contributed by atoms with Crippen LogP contribution in [0, 0.1) is 18.8 Å². The largest absolute Gasteiger partial charge is 0.311 e. The number of rotatable bonds is 4. The van der Waals surface area contributed by atoms with E-state index in [0.717, 1.165) is 30.6 Å². The van der Waals surface area contributed by atoms with Gasteiger partial charge < -0.3 is 5.32 Å². The second kappa shape index (κ2) is 4.09. The Morgan fingerprint density at radius 3 is 2.86 bits per heavy atom. The van der Waals surface area contributed by atoms with Gasteiger partial charge in [-0.3, -0.25) is 4.98 Å². The zero-order valence-electron chi connectivity index (χ0n) is 8.96. The first-order chi connectivity index (χ1) is 6.75. The Kier molecular flexibility index (Phi) is 2.82. The number of aryl methyl sites for hydroxylation is 1. The van der Waals surface area contributed by atoms with Crippen LogP contribution in [0.2, 0.25) is 0 Å². The van der Waals surface area contributed by atoms with Crippen LogP contribution in [0.15, 0.2) is 18.3 Å². The molecule has 0 aromatic carbocycles. The average molecular weight is 190 g/mol. The standard InChI is InChI=1S/C12H18N2/c1-9-3-4-12(14-6-9)8-13-7-11-5-10(11)2/h3-4,6,10-11,13H,5,7-8H2,1-2H3. The van der Waals surface area contributed by atoms with E-state index in [4.69, 9.17) is 0 Å². The number of pyridine rings is 1. The normalized spacial score (nSPS) is 25.0. The molecule has 0 aliphatic heterocycles. The van der Waals surface area contributed by atoms with Gasteiger partial charge in [-0.15, -0.1) is 0 Å². The van der Waals surface area contributed by atoms with Crippen LogP contribution in [0.1, 0.15) is 24.6 Å². The molecule has 0 saturated heterocycles. The summed E-state index contributed by atoms with van der Waals surface area (Å²) in [5.74, 6) is 1.86. The molecular weight excluding hydrogens is 172 g/mol. The molecule has 1 aliphatic carbocycles. The first-order valence-electron chi connectivity index (χ1n) is 5.38. The summed E-state index contributed by atoms with van der Waals surface area (Å²) in [6.07, 6.45) is 3.32. The molecule has 2 atom stereocenters. The molecule has 0 spiro atoms. The predicted octanol–water partition coefficient (Wildman–Crippen LogP) is 2.14. The summed E-state index contributed by atoms with van der Waals surface area (Å²) in [6.45, 7) is 6.44. The van der Waals surface area contributed by atoms with E-state index in [2.05, 4.69) is 36.3 Å². The van der Waals surface area contributed by atoms with Gasteiger partial charge in [-0.2, -0.15) is 0 Å². The molecule has 1 heterocycles. The Bertz CT molecular complexity index is 292. The van der Waals surface area contributed by atoms with Crippen LogP contribution in [-0.4, -0.2) is 11.5 Å². The highest BCUT2D eigenvalue weighted by atomic mass is 14.9. The molecule has 2 nitrogen and oxygen atoms in total. The van der Waals surface area contributed by atoms with E-state index in [1.807, 2.05) is 6.20 Å². The van der Waals surface area contributed by atoms with Gasteiger partial charge >= 0.3 is 0 Å². The minimum atomic E-state index is 0.906. The summed E-state index contributed by atoms with van der Waals surface area (Å²) in [4.78, 5) is 4.35. The predicted molar refractivity (Wildman–Crippen MR) is 58.0 cm³/mol. The maximum atomic E-state index is 4.35. The van der Waals surface area contributed by atoms with Crippen molar-refractivity contribution in [1.82, 2.24) is 10.3 Å². The van der Waals surface area contributed by atoms with Crippen molar-refractivity contribution in [1.29, 1.82) is 0 Å². The minimum Gasteiger partial charge on any atom is -0.311 e. The third-order valence-electron chi connectivity index (χ3n) is 2.96. The van der Waals surface area contributed by atoms with Gasteiger partial charge in [-0.05, 0) is 43.4 Å². The molecule has 1 saturated carbocycles. The zero-order valence-corrected chi connectivity index (χ0v) is 8.96. The molecule has 1 aromatic rings. The van der Waals surface area contributed by atoms with E-state index in [0.29, 0.717) is 0 Å². The van der Waals surface area contributed by atoms with Gasteiger partial charge in [0.25, 0.3) is 0 Å². The number of nitrogens with zero attached hydrogens (tertiary/aromatic N) is 1. The molecule has 2 rings (SSSR count). The Labute approximate surface area is 85.7 Å². The van der Waals surface area contributed by atoms with E-state index in [-0.39, 0.29) is 0 Å². The van der Waals surface area contributed by atoms with Gasteiger partial charge in [0.05, 0.1) is 5.69 Å². The molecular formula is C12H18N2. The quantitative estimate of drug-likeness (QED) is 0.786. The van der Waals surface area contributed by atoms with Gasteiger partial charge in [-0.1, -0.05) is 13.0 Å². The first-order valence-corrected chi connectivity index (χ1v) is 5.38. The molecule has 1 N–H and O–H groups in total. The Hall–Kier alpha value is -0.890. The van der Waals surface area contributed by atoms with Crippen molar-refractivity contribution in [2.75, 3.05) is 6.54 Å². The van der Waals surface area contributed by atoms with E-state index in [9.17, 15) is 0 Å². The maximum Gasteiger partial charge on any atom is 0.0541 e. The molecule has 76 valence electrons. The molecule has 1 aliphatic rings. The van der Waals surface area contributed by atoms with Crippen molar-refractivity contribution >= 4 is 0 Å². The third-order valence-corrected chi connectivity index (χ3v) is 2.96. The summed E-state index contributed by atoms with van der Waals surface area (Å²) in [6, 6.07) is 4.21. The highest BCUT2D eigenvalue weighted by molar-refractivity contribution is 5.11. The lowest BCUT2D eigenvalue weighted by atomic mass is 10.2. The van der Waals surface area contributed by atoms with E-state index < -0.39 is 0 Å². The summed E-state index contributed by atoms with van der Waals surface area (Å²) in [5, 5.41) is 3.45. The monoisotopic (exact) mass is 190 g/mol. The number of aromatic nitrogens is 1. The Balaban J connectivity index is 1.72. The summed E-state index contributed by atoms with van der Waals surface area (Å²) < 4.78 is 0. The Morgan fingerprint density at radius 2 is 2.29 bits per heavy atom. The van der Waals surface area contributed by atoms with Crippen LogP contribution in [0.4, 0.5) is 0 Å². The Morgan fingerprint density at radius 1 is 1.50 bits per heavy atom. The molecule has 0 amide bonds. The molecule has 2 unspecified atom stereocenters. The highest BCUT2D eigenvalue weighted by Crippen LogP contribution is 2.36. The zero-order chi connectivity index (χ0) is 9.97. The first kappa shape index (κ1) is 9.66. The fraction of sp³-hybridized carbons (Fsp3) is 0.583. The van der Waals surface area contributed by atoms with E-state index in [1.165, 1.54) is 12.0 Å². The lowest BCUT2D eigenvalue weighted by Gasteiger charge is -2.03. The number of hydrogen-bond donors (Lipinski definition) is 1. The van der Waals surface area contributed by atoms with Crippen LogP contribution in [0.5, 0.6) is 0 Å². The fourth-order valence-corrected chi connectivity index (χ4v) is 1.67. The molecule has 0 bridgehead atoms. The average Bonchev–Trinajstić information content (AvgIpc) is 2.86. The highest BCUT2D eigenvalue weighted by Gasteiger charge is 2.31. The van der Waals surface area contributed by atoms with Crippen LogP contribution >= 0.6 is 0 Å². The maximum absolute atomic E-state index is 4.35. The lowest BCUT2D eigenvalue weighted by Crippen LogP contribution is -2.17. The SMILES string of the molecule is Cc1ccc(CNCC2CC2C)nc1. The molecule has 1 aromatic heterocycles. The molecule has 2 heteroatoms. The van der Waals surface area contributed by atoms with Crippen molar-refractivity contribution in [3.8, 4) is 0 Å². The lowest BCUT2D eigenvalue weighted by molar-refractivity contribution is 0.605. The van der Waals surface area contributed by atoms with Crippen LogP contribution in [0.3, 0.4) is 0 Å². The second-order valence-corrected chi connectivity index (χ2v) is 4.43. The number of hydrogen-bond acceptors (Lipinski definition) is 2. The van der Waals surface area contributed by atoms with Crippen LogP contribution < -0.4 is 5.32 Å². The van der Waals surface area contributed by atoms with Gasteiger partial charge in [-0.25, -0.2) is 0 Å². The van der Waals surface area contributed by atoms with Gasteiger partial charge in [0.2, 0.25) is 0 Å². The van der Waals surface area contributed by atoms with Crippen molar-refractivity contribution in [3.05, 3.63) is 29.6 Å². The van der Waals surface area contributed by atoms with Crippen molar-refractivity contribution in [3.63, 3.8) is 0 Å². The molecule has 14 heavy (non-hydrogen) atoms. The van der Waals surface area contributed by atoms with Gasteiger partial charge in [0.1, 0.15) is 0 Å². The van der Waals surface area contributed by atoms with Crippen LogP contribution in [0.25, 0.3) is 0 Å². The van der Waals surface area contributed by atoms with Gasteiger partial charge in [0, 0.05) is 12.7 Å². The number of nitrogens with one attached hydrogen (secondary N) is 1. The topological polar surface area (TPSA) is 24.9 Å². The summed E-state index contributed by atoms with van der Waals surface area (Å²) >= 11 is 0. The van der Waals surface area contributed by atoms with E-state index in [1.54, 1.807) is 0 Å². The van der Waals surface area contributed by atoms with E-state index >= 15 is 0 Å². The molecule has 1 fully saturated rings. The third kappa shape index (κ3) is 2.55. The molecule has 0 radical (unpaired) electrons. The smallest absolute Gasteiger partial charge is 0.0541 e. The minimum absolute atomic E-state index is 0.906. The summed E-state index contributed by atoms with van der Waals surface area (Å²) in [7, 11) is 0. The fourth-order valence-electron chi connectivity index (χ4n) is 1.67. The van der Waals surface area contributed by atoms with Crippen molar-refractivity contribution in [2.45, 2.75) is 26.8 Å². The van der Waals surface area contributed by atoms with Crippen molar-refractivity contribution in [2.24, 2.45) is 11.8 Å². The van der Waals surface area contributed by atoms with Crippen LogP contribution in [-0.2, 0) is 6.54 Å².